The topological polar surface area (TPSA) is 3.24 Å². The van der Waals surface area contributed by atoms with Gasteiger partial charge in [0.2, 0.25) is 0 Å². The maximum atomic E-state index is 5.83. The van der Waals surface area contributed by atoms with Crippen molar-refractivity contribution in [2.75, 3.05) is 13.1 Å². The van der Waals surface area contributed by atoms with Crippen molar-refractivity contribution >= 4 is 11.6 Å². The second-order valence-corrected chi connectivity index (χ2v) is 4.33. The van der Waals surface area contributed by atoms with E-state index in [0.717, 1.165) is 23.8 Å². The Morgan fingerprint density at radius 1 is 1.36 bits per heavy atom. The summed E-state index contributed by atoms with van der Waals surface area (Å²) in [6.07, 6.45) is 0. The van der Waals surface area contributed by atoms with E-state index < -0.39 is 0 Å². The number of allylic oxidation sites excluding steroid dienone is 1. The molecule has 0 amide bonds. The first-order valence-electron chi connectivity index (χ1n) is 4.83. The molecule has 0 N–H and O–H groups in total. The zero-order valence-electron chi connectivity index (χ0n) is 8.33. The van der Waals surface area contributed by atoms with Gasteiger partial charge in [0.1, 0.15) is 0 Å². The van der Waals surface area contributed by atoms with Crippen LogP contribution in [0.5, 0.6) is 0 Å². The van der Waals surface area contributed by atoms with E-state index in [9.17, 15) is 0 Å². The summed E-state index contributed by atoms with van der Waals surface area (Å²) < 4.78 is 0. The van der Waals surface area contributed by atoms with Gasteiger partial charge in [-0.05, 0) is 24.6 Å². The molecular formula is C12H14ClN. The van der Waals surface area contributed by atoms with Crippen LogP contribution in [0.2, 0.25) is 5.02 Å². The molecule has 0 aromatic heterocycles. The minimum atomic E-state index is 0.656. The number of rotatable bonds is 2. The lowest BCUT2D eigenvalue weighted by Crippen LogP contribution is -2.43. The summed E-state index contributed by atoms with van der Waals surface area (Å²) in [5.41, 5.74) is 2.54. The van der Waals surface area contributed by atoms with E-state index in [1.165, 1.54) is 5.56 Å². The van der Waals surface area contributed by atoms with Gasteiger partial charge in [0.05, 0.1) is 0 Å². The van der Waals surface area contributed by atoms with Gasteiger partial charge in [0, 0.05) is 29.7 Å². The number of hydrogen-bond acceptors (Lipinski definition) is 1. The highest BCUT2D eigenvalue weighted by Gasteiger charge is 2.27. The van der Waals surface area contributed by atoms with Crippen molar-refractivity contribution in [1.29, 1.82) is 0 Å². The van der Waals surface area contributed by atoms with Crippen molar-refractivity contribution in [1.82, 2.24) is 4.90 Å². The van der Waals surface area contributed by atoms with Crippen LogP contribution in [0.1, 0.15) is 18.4 Å². The summed E-state index contributed by atoms with van der Waals surface area (Å²) in [6.45, 7) is 8.17. The summed E-state index contributed by atoms with van der Waals surface area (Å²) in [7, 11) is 0. The average molecular weight is 208 g/mol. The fraction of sp³-hybridized carbons (Fsp3) is 0.333. The third-order valence-electron chi connectivity index (χ3n) is 2.76. The predicted molar refractivity (Wildman–Crippen MR) is 60.6 cm³/mol. The summed E-state index contributed by atoms with van der Waals surface area (Å²) in [5, 5.41) is 0.810. The lowest BCUT2D eigenvalue weighted by molar-refractivity contribution is 0.200. The highest BCUT2D eigenvalue weighted by Crippen LogP contribution is 2.29. The van der Waals surface area contributed by atoms with Crippen LogP contribution in [-0.4, -0.2) is 18.0 Å². The number of benzene rings is 1. The zero-order chi connectivity index (χ0) is 10.1. The minimum Gasteiger partial charge on any atom is -0.374 e. The largest absolute Gasteiger partial charge is 0.374 e. The van der Waals surface area contributed by atoms with Gasteiger partial charge in [-0.3, -0.25) is 0 Å². The minimum absolute atomic E-state index is 0.656. The Bertz CT molecular complexity index is 336. The van der Waals surface area contributed by atoms with E-state index in [4.69, 9.17) is 11.6 Å². The molecule has 2 heteroatoms. The van der Waals surface area contributed by atoms with Crippen LogP contribution < -0.4 is 0 Å². The fourth-order valence-electron chi connectivity index (χ4n) is 1.74. The molecular weight excluding hydrogens is 194 g/mol. The molecule has 0 atom stereocenters. The highest BCUT2D eigenvalue weighted by atomic mass is 35.5. The molecule has 0 radical (unpaired) electrons. The van der Waals surface area contributed by atoms with Gasteiger partial charge in [-0.25, -0.2) is 0 Å². The van der Waals surface area contributed by atoms with Crippen molar-refractivity contribution in [2.24, 2.45) is 0 Å². The number of likely N-dealkylation sites (tertiary alicyclic amines) is 1. The van der Waals surface area contributed by atoms with Crippen LogP contribution >= 0.6 is 11.6 Å². The van der Waals surface area contributed by atoms with Gasteiger partial charge in [-0.1, -0.05) is 30.3 Å². The Balaban J connectivity index is 2.00. The Morgan fingerprint density at radius 3 is 2.43 bits per heavy atom. The fourth-order valence-corrected chi connectivity index (χ4v) is 1.86. The Labute approximate surface area is 90.0 Å². The normalized spacial score (nSPS) is 16.6. The lowest BCUT2D eigenvalue weighted by Gasteiger charge is -2.41. The first-order chi connectivity index (χ1) is 6.66. The van der Waals surface area contributed by atoms with Gasteiger partial charge < -0.3 is 4.90 Å². The molecule has 74 valence electrons. The molecule has 1 fully saturated rings. The zero-order valence-corrected chi connectivity index (χ0v) is 9.09. The second-order valence-electron chi connectivity index (χ2n) is 3.89. The van der Waals surface area contributed by atoms with E-state index in [1.807, 2.05) is 12.1 Å². The van der Waals surface area contributed by atoms with Crippen LogP contribution in [0.4, 0.5) is 0 Å². The molecule has 1 nitrogen and oxygen atoms in total. The summed E-state index contributed by atoms with van der Waals surface area (Å²) in [4.78, 5) is 2.29. The summed E-state index contributed by atoms with van der Waals surface area (Å²) >= 11 is 5.83. The van der Waals surface area contributed by atoms with Crippen LogP contribution in [0, 0.1) is 0 Å². The molecule has 1 aliphatic heterocycles. The Kier molecular flexibility index (Phi) is 2.51. The summed E-state index contributed by atoms with van der Waals surface area (Å²) in [5.74, 6) is 0.656. The molecule has 1 saturated heterocycles. The van der Waals surface area contributed by atoms with Crippen LogP contribution in [0.25, 0.3) is 0 Å². The first-order valence-corrected chi connectivity index (χ1v) is 5.20. The molecule has 1 heterocycles. The smallest absolute Gasteiger partial charge is 0.0406 e. The number of hydrogen-bond donors (Lipinski definition) is 0. The molecule has 1 aliphatic rings. The van der Waals surface area contributed by atoms with Crippen molar-refractivity contribution in [3.8, 4) is 0 Å². The number of nitrogens with zero attached hydrogens (tertiary/aromatic N) is 1. The van der Waals surface area contributed by atoms with E-state index >= 15 is 0 Å². The van der Waals surface area contributed by atoms with Gasteiger partial charge in [0.15, 0.2) is 0 Å². The second kappa shape index (κ2) is 3.66. The van der Waals surface area contributed by atoms with Gasteiger partial charge in [-0.15, -0.1) is 0 Å². The lowest BCUT2D eigenvalue weighted by atomic mass is 9.91. The Hall–Kier alpha value is -0.950. The van der Waals surface area contributed by atoms with Gasteiger partial charge in [0.25, 0.3) is 0 Å². The average Bonchev–Trinajstić information content (AvgIpc) is 2.05. The molecule has 0 aliphatic carbocycles. The molecule has 1 aromatic rings. The Morgan fingerprint density at radius 2 is 1.93 bits per heavy atom. The third-order valence-corrected chi connectivity index (χ3v) is 3.01. The van der Waals surface area contributed by atoms with Gasteiger partial charge >= 0.3 is 0 Å². The van der Waals surface area contributed by atoms with Crippen LogP contribution in [-0.2, 0) is 0 Å². The van der Waals surface area contributed by atoms with Crippen LogP contribution in [0.15, 0.2) is 36.5 Å². The monoisotopic (exact) mass is 207 g/mol. The maximum Gasteiger partial charge on any atom is 0.0406 e. The number of halogens is 1. The van der Waals surface area contributed by atoms with E-state index in [0.29, 0.717) is 5.92 Å². The van der Waals surface area contributed by atoms with E-state index in [-0.39, 0.29) is 0 Å². The molecule has 0 bridgehead atoms. The maximum absolute atomic E-state index is 5.83. The molecule has 0 unspecified atom stereocenters. The molecule has 2 rings (SSSR count). The van der Waals surface area contributed by atoms with Crippen LogP contribution in [0.3, 0.4) is 0 Å². The first kappa shape index (κ1) is 9.60. The molecule has 0 saturated carbocycles. The standard InChI is InChI=1S/C12H14ClN/c1-9(2)14-7-11(8-14)10-3-5-12(13)6-4-10/h3-6,11H,1,7-8H2,2H3. The van der Waals surface area contributed by atoms with E-state index in [1.54, 1.807) is 0 Å². The highest BCUT2D eigenvalue weighted by molar-refractivity contribution is 6.30. The third kappa shape index (κ3) is 1.78. The van der Waals surface area contributed by atoms with Crippen molar-refractivity contribution in [2.45, 2.75) is 12.8 Å². The quantitative estimate of drug-likeness (QED) is 0.720. The summed E-state index contributed by atoms with van der Waals surface area (Å²) in [6, 6.07) is 8.14. The molecule has 1 aromatic carbocycles. The SMILES string of the molecule is C=C(C)N1CC(c2ccc(Cl)cc2)C1. The molecule has 14 heavy (non-hydrogen) atoms. The van der Waals surface area contributed by atoms with Crippen molar-refractivity contribution in [3.05, 3.63) is 47.1 Å². The van der Waals surface area contributed by atoms with Gasteiger partial charge in [-0.2, -0.15) is 0 Å². The van der Waals surface area contributed by atoms with Crippen molar-refractivity contribution in [3.63, 3.8) is 0 Å². The van der Waals surface area contributed by atoms with Crippen molar-refractivity contribution < 1.29 is 0 Å². The van der Waals surface area contributed by atoms with E-state index in [2.05, 4.69) is 30.5 Å². The predicted octanol–water partition coefficient (Wildman–Crippen LogP) is 3.27. The molecule has 0 spiro atoms.